The van der Waals surface area contributed by atoms with Crippen molar-refractivity contribution < 1.29 is 9.47 Å². The van der Waals surface area contributed by atoms with E-state index in [0.29, 0.717) is 18.1 Å². The fraction of sp³-hybridized carbons (Fsp3) is 0.647. The number of fused-ring (bicyclic) bond motifs is 2. The lowest BCUT2D eigenvalue weighted by molar-refractivity contribution is 0.251. The van der Waals surface area contributed by atoms with Crippen LogP contribution in [0.25, 0.3) is 0 Å². The quantitative estimate of drug-likeness (QED) is 0.853. The summed E-state index contributed by atoms with van der Waals surface area (Å²) in [5.41, 5.74) is 5.60. The highest BCUT2D eigenvalue weighted by molar-refractivity contribution is 5.63. The molecular weight excluding hydrogens is 250 g/mol. The highest BCUT2D eigenvalue weighted by Gasteiger charge is 2.37. The molecule has 3 heteroatoms. The predicted octanol–water partition coefficient (Wildman–Crippen LogP) is 2.72. The van der Waals surface area contributed by atoms with Crippen LogP contribution in [0.5, 0.6) is 11.5 Å². The Labute approximate surface area is 120 Å². The molecule has 0 spiro atoms. The van der Waals surface area contributed by atoms with Crippen molar-refractivity contribution >= 4 is 0 Å². The van der Waals surface area contributed by atoms with Gasteiger partial charge in [-0.1, -0.05) is 0 Å². The second-order valence-corrected chi connectivity index (χ2v) is 6.61. The molecule has 1 aromatic carbocycles. The molecule has 1 N–H and O–H groups in total. The molecule has 0 saturated carbocycles. The van der Waals surface area contributed by atoms with Crippen molar-refractivity contribution in [2.75, 3.05) is 13.1 Å². The fourth-order valence-electron chi connectivity index (χ4n) is 4.09. The SMILES string of the molecule is Cc1c2c(c(C3CCNC3)c3c1OC(C)C3)OC(C)C2. The first-order chi connectivity index (χ1) is 9.65. The smallest absolute Gasteiger partial charge is 0.127 e. The van der Waals surface area contributed by atoms with Gasteiger partial charge < -0.3 is 14.8 Å². The largest absolute Gasteiger partial charge is 0.490 e. The Morgan fingerprint density at radius 2 is 1.70 bits per heavy atom. The van der Waals surface area contributed by atoms with E-state index in [1.807, 2.05) is 0 Å². The second kappa shape index (κ2) is 4.39. The average Bonchev–Trinajstić information content (AvgIpc) is 3.09. The van der Waals surface area contributed by atoms with E-state index >= 15 is 0 Å². The summed E-state index contributed by atoms with van der Waals surface area (Å²) in [7, 11) is 0. The van der Waals surface area contributed by atoms with Crippen LogP contribution in [0.4, 0.5) is 0 Å². The van der Waals surface area contributed by atoms with Crippen LogP contribution in [0.15, 0.2) is 0 Å². The summed E-state index contributed by atoms with van der Waals surface area (Å²) in [6.45, 7) is 8.74. The third-order valence-electron chi connectivity index (χ3n) is 5.00. The molecule has 0 amide bonds. The number of hydrogen-bond donors (Lipinski definition) is 1. The highest BCUT2D eigenvalue weighted by Crippen LogP contribution is 2.49. The summed E-state index contributed by atoms with van der Waals surface area (Å²) in [6, 6.07) is 0. The van der Waals surface area contributed by atoms with Crippen LogP contribution in [0.1, 0.15) is 48.4 Å². The van der Waals surface area contributed by atoms with Gasteiger partial charge in [0, 0.05) is 42.0 Å². The summed E-state index contributed by atoms with van der Waals surface area (Å²) < 4.78 is 12.3. The van der Waals surface area contributed by atoms with E-state index in [-0.39, 0.29) is 0 Å². The minimum Gasteiger partial charge on any atom is -0.490 e. The molecule has 3 nitrogen and oxygen atoms in total. The normalized spacial score (nSPS) is 30.9. The minimum atomic E-state index is 0.303. The van der Waals surface area contributed by atoms with Crippen molar-refractivity contribution in [3.8, 4) is 11.5 Å². The predicted molar refractivity (Wildman–Crippen MR) is 79.0 cm³/mol. The first kappa shape index (κ1) is 12.5. The molecule has 3 atom stereocenters. The van der Waals surface area contributed by atoms with E-state index in [4.69, 9.17) is 9.47 Å². The Morgan fingerprint density at radius 1 is 1.00 bits per heavy atom. The zero-order valence-electron chi connectivity index (χ0n) is 12.6. The Morgan fingerprint density at radius 3 is 2.40 bits per heavy atom. The number of benzene rings is 1. The summed E-state index contributed by atoms with van der Waals surface area (Å²) in [5.74, 6) is 2.95. The number of ether oxygens (including phenoxy) is 2. The molecule has 20 heavy (non-hydrogen) atoms. The van der Waals surface area contributed by atoms with Crippen LogP contribution < -0.4 is 14.8 Å². The maximum absolute atomic E-state index is 6.21. The molecule has 4 rings (SSSR count). The van der Waals surface area contributed by atoms with E-state index in [1.165, 1.54) is 34.4 Å². The Balaban J connectivity index is 1.92. The Hall–Kier alpha value is -1.22. The van der Waals surface area contributed by atoms with Crippen molar-refractivity contribution in [1.29, 1.82) is 0 Å². The van der Waals surface area contributed by atoms with E-state index in [2.05, 4.69) is 26.1 Å². The second-order valence-electron chi connectivity index (χ2n) is 6.61. The van der Waals surface area contributed by atoms with Gasteiger partial charge in [-0.15, -0.1) is 0 Å². The van der Waals surface area contributed by atoms with Gasteiger partial charge in [-0.2, -0.15) is 0 Å². The molecule has 1 fully saturated rings. The van der Waals surface area contributed by atoms with E-state index < -0.39 is 0 Å². The maximum Gasteiger partial charge on any atom is 0.127 e. The molecule has 0 aliphatic carbocycles. The van der Waals surface area contributed by atoms with E-state index in [1.54, 1.807) is 0 Å². The van der Waals surface area contributed by atoms with Crippen molar-refractivity contribution in [2.45, 2.75) is 58.2 Å². The fourth-order valence-corrected chi connectivity index (χ4v) is 4.09. The topological polar surface area (TPSA) is 30.5 Å². The lowest BCUT2D eigenvalue weighted by Gasteiger charge is -2.20. The van der Waals surface area contributed by atoms with E-state index in [0.717, 1.165) is 31.7 Å². The van der Waals surface area contributed by atoms with Gasteiger partial charge in [0.25, 0.3) is 0 Å². The van der Waals surface area contributed by atoms with Crippen LogP contribution in [0.3, 0.4) is 0 Å². The van der Waals surface area contributed by atoms with Gasteiger partial charge >= 0.3 is 0 Å². The van der Waals surface area contributed by atoms with Crippen LogP contribution in [0.2, 0.25) is 0 Å². The van der Waals surface area contributed by atoms with E-state index in [9.17, 15) is 0 Å². The zero-order chi connectivity index (χ0) is 13.9. The lowest BCUT2D eigenvalue weighted by Crippen LogP contribution is -2.12. The molecule has 108 valence electrons. The maximum atomic E-state index is 6.21. The van der Waals surface area contributed by atoms with Crippen LogP contribution in [0, 0.1) is 6.92 Å². The van der Waals surface area contributed by atoms with Crippen molar-refractivity contribution in [3.63, 3.8) is 0 Å². The number of nitrogens with one attached hydrogen (secondary N) is 1. The molecule has 3 heterocycles. The average molecular weight is 273 g/mol. The first-order valence-corrected chi connectivity index (χ1v) is 7.87. The molecule has 0 radical (unpaired) electrons. The van der Waals surface area contributed by atoms with Crippen molar-refractivity contribution in [2.24, 2.45) is 0 Å². The van der Waals surface area contributed by atoms with Gasteiger partial charge in [-0.25, -0.2) is 0 Å². The Bertz CT molecular complexity index is 522. The first-order valence-electron chi connectivity index (χ1n) is 7.87. The van der Waals surface area contributed by atoms with Crippen LogP contribution in [-0.2, 0) is 12.8 Å². The molecule has 0 aromatic heterocycles. The Kier molecular flexibility index (Phi) is 2.75. The van der Waals surface area contributed by atoms with Crippen molar-refractivity contribution in [1.82, 2.24) is 5.32 Å². The third kappa shape index (κ3) is 1.69. The standard InChI is InChI=1S/C17H23NO2/c1-9-6-13-11(3)16-14(7-10(2)19-16)15(17(13)20-9)12-4-5-18-8-12/h9-10,12,18H,4-8H2,1-3H3. The molecule has 1 saturated heterocycles. The summed E-state index contributed by atoms with van der Waals surface area (Å²) in [5, 5.41) is 3.49. The van der Waals surface area contributed by atoms with Crippen LogP contribution >= 0.6 is 0 Å². The molecular formula is C17H23NO2. The van der Waals surface area contributed by atoms with Gasteiger partial charge in [0.1, 0.15) is 23.7 Å². The minimum absolute atomic E-state index is 0.303. The monoisotopic (exact) mass is 273 g/mol. The molecule has 3 aliphatic heterocycles. The summed E-state index contributed by atoms with van der Waals surface area (Å²) in [4.78, 5) is 0. The van der Waals surface area contributed by atoms with Gasteiger partial charge in [-0.05, 0) is 39.3 Å². The van der Waals surface area contributed by atoms with Gasteiger partial charge in [0.05, 0.1) is 0 Å². The molecule has 3 unspecified atom stereocenters. The van der Waals surface area contributed by atoms with Crippen LogP contribution in [-0.4, -0.2) is 25.3 Å². The highest BCUT2D eigenvalue weighted by atomic mass is 16.5. The summed E-state index contributed by atoms with van der Waals surface area (Å²) >= 11 is 0. The molecule has 3 aliphatic rings. The summed E-state index contributed by atoms with van der Waals surface area (Å²) in [6.07, 6.45) is 3.88. The molecule has 0 bridgehead atoms. The van der Waals surface area contributed by atoms with Crippen molar-refractivity contribution in [3.05, 3.63) is 22.3 Å². The number of hydrogen-bond acceptors (Lipinski definition) is 3. The third-order valence-corrected chi connectivity index (χ3v) is 5.00. The van der Waals surface area contributed by atoms with Gasteiger partial charge in [-0.3, -0.25) is 0 Å². The lowest BCUT2D eigenvalue weighted by atomic mass is 9.86. The van der Waals surface area contributed by atoms with Gasteiger partial charge in [0.2, 0.25) is 0 Å². The zero-order valence-corrected chi connectivity index (χ0v) is 12.6. The molecule has 1 aromatic rings. The number of rotatable bonds is 1. The van der Waals surface area contributed by atoms with Gasteiger partial charge in [0.15, 0.2) is 0 Å².